The van der Waals surface area contributed by atoms with Crippen LogP contribution in [0, 0.1) is 0 Å². The molecule has 0 aromatic heterocycles. The van der Waals surface area contributed by atoms with Crippen LogP contribution in [0.2, 0.25) is 0 Å². The van der Waals surface area contributed by atoms with Gasteiger partial charge in [-0.05, 0) is 46.6 Å². The summed E-state index contributed by atoms with van der Waals surface area (Å²) in [6.07, 6.45) is -3.73. The third-order valence-electron chi connectivity index (χ3n) is 2.27. The van der Waals surface area contributed by atoms with E-state index in [4.69, 9.17) is 10.5 Å². The monoisotopic (exact) mass is 354 g/mol. The third kappa shape index (κ3) is 6.25. The molecule has 4 nitrogen and oxygen atoms in total. The van der Waals surface area contributed by atoms with Gasteiger partial charge in [-0.25, -0.2) is 0 Å². The fourth-order valence-corrected chi connectivity index (χ4v) is 1.92. The highest BCUT2D eigenvalue weighted by Crippen LogP contribution is 2.26. The van der Waals surface area contributed by atoms with Crippen LogP contribution in [0.5, 0.6) is 5.75 Å². The molecule has 0 saturated carbocycles. The smallest absolute Gasteiger partial charge is 0.405 e. The van der Waals surface area contributed by atoms with E-state index in [1.807, 2.05) is 0 Å². The lowest BCUT2D eigenvalue weighted by atomic mass is 10.1. The molecule has 0 fully saturated rings. The van der Waals surface area contributed by atoms with E-state index in [0.717, 1.165) is 5.56 Å². The highest BCUT2D eigenvalue weighted by molar-refractivity contribution is 9.10. The Balaban J connectivity index is 2.47. The Morgan fingerprint density at radius 1 is 1.40 bits per heavy atom. The number of nitrogens with two attached hydrogens (primary N) is 1. The second-order valence-corrected chi connectivity index (χ2v) is 4.84. The summed E-state index contributed by atoms with van der Waals surface area (Å²) in [6, 6.07) is 5.20. The Labute approximate surface area is 122 Å². The minimum absolute atomic E-state index is 0.382. The van der Waals surface area contributed by atoms with Gasteiger partial charge in [-0.3, -0.25) is 4.79 Å². The van der Waals surface area contributed by atoms with Gasteiger partial charge in [0.25, 0.3) is 5.91 Å². The lowest BCUT2D eigenvalue weighted by Crippen LogP contribution is -2.36. The molecule has 3 N–H and O–H groups in total. The second kappa shape index (κ2) is 7.49. The lowest BCUT2D eigenvalue weighted by Gasteiger charge is -2.11. The second-order valence-electron chi connectivity index (χ2n) is 3.98. The molecule has 20 heavy (non-hydrogen) atoms. The number of amides is 1. The third-order valence-corrected chi connectivity index (χ3v) is 2.89. The van der Waals surface area contributed by atoms with E-state index in [1.54, 1.807) is 23.5 Å². The maximum Gasteiger partial charge on any atom is 0.405 e. The minimum atomic E-state index is -4.43. The fourth-order valence-electron chi connectivity index (χ4n) is 1.38. The molecule has 0 radical (unpaired) electrons. The molecular formula is C12H14BrF3N2O2. The first-order valence-electron chi connectivity index (χ1n) is 5.76. The standard InChI is InChI=1S/C12H14BrF3N2O2/c13-9-5-8(3-4-17)1-2-10(9)20-6-11(19)18-7-12(14,15)16/h1-2,5H,3-4,6-7,17H2,(H,18,19). The molecular weight excluding hydrogens is 341 g/mol. The maximum atomic E-state index is 11.9. The molecule has 0 spiro atoms. The van der Waals surface area contributed by atoms with Crippen LogP contribution in [-0.2, 0) is 11.2 Å². The molecule has 0 heterocycles. The number of carbonyl (C=O) groups is 1. The van der Waals surface area contributed by atoms with Gasteiger partial charge < -0.3 is 15.8 Å². The number of halogens is 4. The number of rotatable bonds is 6. The van der Waals surface area contributed by atoms with Crippen molar-refractivity contribution in [2.75, 3.05) is 19.7 Å². The summed E-state index contributed by atoms with van der Waals surface area (Å²) in [5.41, 5.74) is 6.42. The van der Waals surface area contributed by atoms with Crippen molar-refractivity contribution >= 4 is 21.8 Å². The number of alkyl halides is 3. The van der Waals surface area contributed by atoms with E-state index in [0.29, 0.717) is 23.2 Å². The van der Waals surface area contributed by atoms with Crippen LogP contribution in [0.15, 0.2) is 22.7 Å². The number of hydrogen-bond donors (Lipinski definition) is 2. The van der Waals surface area contributed by atoms with Gasteiger partial charge in [-0.2, -0.15) is 13.2 Å². The largest absolute Gasteiger partial charge is 0.483 e. The first-order valence-corrected chi connectivity index (χ1v) is 6.56. The van der Waals surface area contributed by atoms with Crippen LogP contribution >= 0.6 is 15.9 Å². The van der Waals surface area contributed by atoms with Gasteiger partial charge in [0.2, 0.25) is 0 Å². The summed E-state index contributed by atoms with van der Waals surface area (Å²) in [4.78, 5) is 11.2. The van der Waals surface area contributed by atoms with Crippen molar-refractivity contribution in [3.05, 3.63) is 28.2 Å². The van der Waals surface area contributed by atoms with E-state index in [1.165, 1.54) is 0 Å². The van der Waals surface area contributed by atoms with E-state index in [9.17, 15) is 18.0 Å². The van der Waals surface area contributed by atoms with Crippen molar-refractivity contribution in [3.8, 4) is 5.75 Å². The van der Waals surface area contributed by atoms with Gasteiger partial charge in [-0.15, -0.1) is 0 Å². The van der Waals surface area contributed by atoms with Gasteiger partial charge in [0.05, 0.1) is 4.47 Å². The average molecular weight is 355 g/mol. The molecule has 0 atom stereocenters. The lowest BCUT2D eigenvalue weighted by molar-refractivity contribution is -0.139. The summed E-state index contributed by atoms with van der Waals surface area (Å²) in [5.74, 6) is -0.451. The molecule has 0 bridgehead atoms. The van der Waals surface area contributed by atoms with Gasteiger partial charge in [0.1, 0.15) is 12.3 Å². The SMILES string of the molecule is NCCc1ccc(OCC(=O)NCC(F)(F)F)c(Br)c1. The zero-order valence-corrected chi connectivity index (χ0v) is 12.1. The summed E-state index contributed by atoms with van der Waals surface area (Å²) in [6.45, 7) is -1.34. The predicted molar refractivity (Wildman–Crippen MR) is 71.5 cm³/mol. The van der Waals surface area contributed by atoms with Gasteiger partial charge in [-0.1, -0.05) is 6.07 Å². The molecule has 1 rings (SSSR count). The normalized spacial score (nSPS) is 11.2. The molecule has 0 aliphatic carbocycles. The van der Waals surface area contributed by atoms with Crippen LogP contribution in [0.4, 0.5) is 13.2 Å². The number of hydrogen-bond acceptors (Lipinski definition) is 3. The topological polar surface area (TPSA) is 64.3 Å². The number of nitrogens with one attached hydrogen (secondary N) is 1. The average Bonchev–Trinajstić information content (AvgIpc) is 2.35. The van der Waals surface area contributed by atoms with Crippen molar-refractivity contribution in [3.63, 3.8) is 0 Å². The summed E-state index contributed by atoms with van der Waals surface area (Å²) in [7, 11) is 0. The molecule has 1 aromatic rings. The highest BCUT2D eigenvalue weighted by atomic mass is 79.9. The summed E-state index contributed by atoms with van der Waals surface area (Å²) < 4.78 is 41.4. The van der Waals surface area contributed by atoms with E-state index in [2.05, 4.69) is 15.9 Å². The van der Waals surface area contributed by atoms with Crippen molar-refractivity contribution in [1.82, 2.24) is 5.32 Å². The molecule has 1 aromatic carbocycles. The highest BCUT2D eigenvalue weighted by Gasteiger charge is 2.27. The molecule has 1 amide bonds. The van der Waals surface area contributed by atoms with Crippen molar-refractivity contribution in [2.24, 2.45) is 5.73 Å². The molecule has 0 saturated heterocycles. The Morgan fingerprint density at radius 2 is 2.10 bits per heavy atom. The van der Waals surface area contributed by atoms with Crippen LogP contribution in [0.3, 0.4) is 0 Å². The summed E-state index contributed by atoms with van der Waals surface area (Å²) >= 11 is 3.26. The Bertz CT molecular complexity index is 467. The first-order chi connectivity index (χ1) is 9.31. The number of ether oxygens (including phenoxy) is 1. The number of benzene rings is 1. The van der Waals surface area contributed by atoms with E-state index < -0.39 is 25.2 Å². The molecule has 112 valence electrons. The van der Waals surface area contributed by atoms with E-state index in [-0.39, 0.29) is 0 Å². The molecule has 0 aliphatic heterocycles. The van der Waals surface area contributed by atoms with Crippen LogP contribution in [0.1, 0.15) is 5.56 Å². The van der Waals surface area contributed by atoms with Crippen LogP contribution < -0.4 is 15.8 Å². The van der Waals surface area contributed by atoms with Crippen molar-refractivity contribution in [1.29, 1.82) is 0 Å². The van der Waals surface area contributed by atoms with Gasteiger partial charge in [0, 0.05) is 0 Å². The Hall–Kier alpha value is -1.28. The Kier molecular flexibility index (Phi) is 6.28. The predicted octanol–water partition coefficient (Wildman–Crippen LogP) is 2.01. The fraction of sp³-hybridized carbons (Fsp3) is 0.417. The van der Waals surface area contributed by atoms with Crippen LogP contribution in [-0.4, -0.2) is 31.8 Å². The molecule has 0 aliphatic rings. The molecule has 8 heteroatoms. The van der Waals surface area contributed by atoms with Crippen LogP contribution in [0.25, 0.3) is 0 Å². The van der Waals surface area contributed by atoms with Gasteiger partial charge in [0.15, 0.2) is 6.61 Å². The van der Waals surface area contributed by atoms with E-state index >= 15 is 0 Å². The molecule has 0 unspecified atom stereocenters. The maximum absolute atomic E-state index is 11.9. The zero-order chi connectivity index (χ0) is 15.2. The summed E-state index contributed by atoms with van der Waals surface area (Å²) in [5, 5.41) is 1.72. The van der Waals surface area contributed by atoms with Gasteiger partial charge >= 0.3 is 6.18 Å². The minimum Gasteiger partial charge on any atom is -0.483 e. The Morgan fingerprint density at radius 3 is 2.65 bits per heavy atom. The quantitative estimate of drug-likeness (QED) is 0.821. The van der Waals surface area contributed by atoms with Crippen molar-refractivity contribution < 1.29 is 22.7 Å². The zero-order valence-electron chi connectivity index (χ0n) is 10.5. The van der Waals surface area contributed by atoms with Crippen molar-refractivity contribution in [2.45, 2.75) is 12.6 Å². The first kappa shape index (κ1) is 16.8. The number of carbonyl (C=O) groups excluding carboxylic acids is 1.